The Hall–Kier alpha value is -0.580. The lowest BCUT2D eigenvalue weighted by Crippen LogP contribution is -2.23. The first-order valence-corrected chi connectivity index (χ1v) is 6.26. The maximum atomic E-state index is 11.7. The lowest BCUT2D eigenvalue weighted by atomic mass is 10.2. The zero-order valence-corrected chi connectivity index (χ0v) is 12.1. The first-order chi connectivity index (χ1) is 7.42. The highest BCUT2D eigenvalue weighted by Crippen LogP contribution is 2.21. The summed E-state index contributed by atoms with van der Waals surface area (Å²) in [6.45, 7) is 6.29. The van der Waals surface area contributed by atoms with Gasteiger partial charge in [-0.25, -0.2) is 4.79 Å². The maximum Gasteiger partial charge on any atom is 0.348 e. The number of carbonyl (C=O) groups excluding carboxylic acids is 1. The van der Waals surface area contributed by atoms with Crippen LogP contribution < -0.4 is 5.73 Å². The van der Waals surface area contributed by atoms with Gasteiger partial charge in [-0.1, -0.05) is 0 Å². The van der Waals surface area contributed by atoms with Crippen molar-refractivity contribution in [2.75, 3.05) is 6.54 Å². The molecule has 0 radical (unpaired) electrons. The van der Waals surface area contributed by atoms with Crippen LogP contribution in [0.4, 0.5) is 0 Å². The molecule has 0 aliphatic rings. The summed E-state index contributed by atoms with van der Waals surface area (Å²) in [5, 5.41) is 0. The molecule has 1 rings (SSSR count). The van der Waals surface area contributed by atoms with Crippen LogP contribution in [0.3, 0.4) is 0 Å². The van der Waals surface area contributed by atoms with Crippen molar-refractivity contribution in [3.05, 3.63) is 21.9 Å². The molecule has 0 saturated carbocycles. The van der Waals surface area contributed by atoms with Crippen molar-refractivity contribution in [1.29, 1.82) is 0 Å². The van der Waals surface area contributed by atoms with Gasteiger partial charge >= 0.3 is 5.97 Å². The van der Waals surface area contributed by atoms with E-state index in [0.29, 0.717) is 11.4 Å². The van der Waals surface area contributed by atoms with Gasteiger partial charge in [-0.05, 0) is 52.3 Å². The molecule has 0 saturated heterocycles. The molecule has 0 unspecified atom stereocenters. The Kier molecular flexibility index (Phi) is 6.75. The second-order valence-corrected chi connectivity index (χ2v) is 5.83. The van der Waals surface area contributed by atoms with Crippen LogP contribution in [0.15, 0.2) is 12.1 Å². The van der Waals surface area contributed by atoms with E-state index in [1.54, 1.807) is 0 Å². The van der Waals surface area contributed by atoms with Crippen molar-refractivity contribution >= 4 is 29.7 Å². The number of rotatable bonds is 4. The van der Waals surface area contributed by atoms with E-state index in [2.05, 4.69) is 0 Å². The number of hydrogen-bond acceptors (Lipinski definition) is 4. The van der Waals surface area contributed by atoms with Gasteiger partial charge in [-0.2, -0.15) is 0 Å². The van der Waals surface area contributed by atoms with E-state index < -0.39 is 5.60 Å². The third-order valence-electron chi connectivity index (χ3n) is 1.89. The van der Waals surface area contributed by atoms with E-state index >= 15 is 0 Å². The highest BCUT2D eigenvalue weighted by molar-refractivity contribution is 7.13. The Morgan fingerprint density at radius 3 is 2.59 bits per heavy atom. The molecular weight excluding hydrogens is 258 g/mol. The van der Waals surface area contributed by atoms with Crippen molar-refractivity contribution in [1.82, 2.24) is 0 Å². The van der Waals surface area contributed by atoms with Gasteiger partial charge in [0.2, 0.25) is 0 Å². The number of ether oxygens (including phenoxy) is 1. The molecule has 1 aromatic rings. The molecule has 2 N–H and O–H groups in total. The zero-order valence-electron chi connectivity index (χ0n) is 10.5. The Labute approximate surface area is 113 Å². The summed E-state index contributed by atoms with van der Waals surface area (Å²) in [4.78, 5) is 13.6. The molecule has 5 heteroatoms. The van der Waals surface area contributed by atoms with Gasteiger partial charge in [-0.3, -0.25) is 0 Å². The predicted octanol–water partition coefficient (Wildman–Crippen LogP) is 3.02. The largest absolute Gasteiger partial charge is 0.456 e. The predicted molar refractivity (Wildman–Crippen MR) is 74.1 cm³/mol. The molecule has 98 valence electrons. The minimum Gasteiger partial charge on any atom is -0.456 e. The van der Waals surface area contributed by atoms with Gasteiger partial charge < -0.3 is 10.5 Å². The summed E-state index contributed by atoms with van der Waals surface area (Å²) in [6.07, 6.45) is 1.89. The third kappa shape index (κ3) is 6.05. The lowest BCUT2D eigenvalue weighted by Gasteiger charge is -2.18. The molecule has 0 fully saturated rings. The Morgan fingerprint density at radius 1 is 1.41 bits per heavy atom. The standard InChI is InChI=1S/C12H19NO2S.ClH/c1-12(2,3)15-11(14)10-7-6-9(16-10)5-4-8-13;/h6-7H,4-5,8,13H2,1-3H3;1H. The van der Waals surface area contributed by atoms with E-state index in [-0.39, 0.29) is 18.4 Å². The highest BCUT2D eigenvalue weighted by atomic mass is 35.5. The van der Waals surface area contributed by atoms with Crippen molar-refractivity contribution in [3.63, 3.8) is 0 Å². The molecule has 0 atom stereocenters. The van der Waals surface area contributed by atoms with Gasteiger partial charge in [-0.15, -0.1) is 23.7 Å². The van der Waals surface area contributed by atoms with E-state index in [9.17, 15) is 4.79 Å². The first-order valence-electron chi connectivity index (χ1n) is 5.44. The lowest BCUT2D eigenvalue weighted by molar-refractivity contribution is 0.00752. The molecule has 0 aliphatic heterocycles. The summed E-state index contributed by atoms with van der Waals surface area (Å²) in [7, 11) is 0. The third-order valence-corrected chi connectivity index (χ3v) is 3.01. The smallest absolute Gasteiger partial charge is 0.348 e. The second-order valence-electron chi connectivity index (χ2n) is 4.66. The first kappa shape index (κ1) is 16.4. The summed E-state index contributed by atoms with van der Waals surface area (Å²) < 4.78 is 5.29. The fourth-order valence-electron chi connectivity index (χ4n) is 1.23. The van der Waals surface area contributed by atoms with E-state index in [1.165, 1.54) is 16.2 Å². The number of nitrogens with two attached hydrogens (primary N) is 1. The van der Waals surface area contributed by atoms with Crippen molar-refractivity contribution < 1.29 is 9.53 Å². The molecular formula is C12H20ClNO2S. The quantitative estimate of drug-likeness (QED) is 0.861. The summed E-state index contributed by atoms with van der Waals surface area (Å²) in [5.41, 5.74) is 5.01. The second kappa shape index (κ2) is 6.99. The average Bonchev–Trinajstić information content (AvgIpc) is 2.60. The minimum atomic E-state index is -0.432. The SMILES string of the molecule is CC(C)(C)OC(=O)c1ccc(CCCN)s1.Cl. The van der Waals surface area contributed by atoms with Crippen LogP contribution in [0.25, 0.3) is 0 Å². The van der Waals surface area contributed by atoms with Crippen LogP contribution in [-0.4, -0.2) is 18.1 Å². The number of hydrogen-bond donors (Lipinski definition) is 1. The normalized spacial score (nSPS) is 10.8. The van der Waals surface area contributed by atoms with Gasteiger partial charge in [0, 0.05) is 4.88 Å². The van der Waals surface area contributed by atoms with Gasteiger partial charge in [0.15, 0.2) is 0 Å². The molecule has 0 bridgehead atoms. The fraction of sp³-hybridized carbons (Fsp3) is 0.583. The summed E-state index contributed by atoms with van der Waals surface area (Å²) in [5.74, 6) is -0.239. The average molecular weight is 278 g/mol. The number of thiophene rings is 1. The molecule has 1 heterocycles. The van der Waals surface area contributed by atoms with Crippen LogP contribution in [0.1, 0.15) is 41.7 Å². The molecule has 3 nitrogen and oxygen atoms in total. The number of esters is 1. The Balaban J connectivity index is 0.00000256. The highest BCUT2D eigenvalue weighted by Gasteiger charge is 2.19. The monoisotopic (exact) mass is 277 g/mol. The Morgan fingerprint density at radius 2 is 2.06 bits per heavy atom. The summed E-state index contributed by atoms with van der Waals surface area (Å²) >= 11 is 1.49. The van der Waals surface area contributed by atoms with E-state index in [1.807, 2.05) is 32.9 Å². The van der Waals surface area contributed by atoms with E-state index in [4.69, 9.17) is 10.5 Å². The van der Waals surface area contributed by atoms with Crippen molar-refractivity contribution in [2.24, 2.45) is 5.73 Å². The topological polar surface area (TPSA) is 52.3 Å². The molecule has 17 heavy (non-hydrogen) atoms. The van der Waals surface area contributed by atoms with Crippen molar-refractivity contribution in [2.45, 2.75) is 39.2 Å². The van der Waals surface area contributed by atoms with Crippen LogP contribution in [0, 0.1) is 0 Å². The maximum absolute atomic E-state index is 11.7. The number of carbonyl (C=O) groups is 1. The molecule has 0 aliphatic carbocycles. The Bertz CT molecular complexity index is 358. The van der Waals surface area contributed by atoms with Crippen LogP contribution >= 0.6 is 23.7 Å². The minimum absolute atomic E-state index is 0. The molecule has 0 aromatic carbocycles. The summed E-state index contributed by atoms with van der Waals surface area (Å²) in [6, 6.07) is 3.80. The molecule has 0 spiro atoms. The van der Waals surface area contributed by atoms with E-state index in [0.717, 1.165) is 12.8 Å². The molecule has 1 aromatic heterocycles. The van der Waals surface area contributed by atoms with Crippen LogP contribution in [0.2, 0.25) is 0 Å². The van der Waals surface area contributed by atoms with Crippen LogP contribution in [0.5, 0.6) is 0 Å². The van der Waals surface area contributed by atoms with Gasteiger partial charge in [0.25, 0.3) is 0 Å². The zero-order chi connectivity index (χ0) is 12.2. The van der Waals surface area contributed by atoms with Crippen molar-refractivity contribution in [3.8, 4) is 0 Å². The van der Waals surface area contributed by atoms with Gasteiger partial charge in [0.1, 0.15) is 10.5 Å². The fourth-order valence-corrected chi connectivity index (χ4v) is 2.15. The number of halogens is 1. The van der Waals surface area contributed by atoms with Crippen LogP contribution in [-0.2, 0) is 11.2 Å². The van der Waals surface area contributed by atoms with Gasteiger partial charge in [0.05, 0.1) is 0 Å². The number of aryl methyl sites for hydroxylation is 1. The molecule has 0 amide bonds.